The predicted octanol–water partition coefficient (Wildman–Crippen LogP) is 4.76. The highest BCUT2D eigenvalue weighted by Crippen LogP contribution is 2.28. The van der Waals surface area contributed by atoms with Crippen molar-refractivity contribution in [3.8, 4) is 0 Å². The van der Waals surface area contributed by atoms with Gasteiger partial charge in [0.05, 0.1) is 17.7 Å². The lowest BCUT2D eigenvalue weighted by Crippen LogP contribution is -2.16. The number of Topliss-reactive ketones (excluding diaryl/α,β-unsaturated/α-hetero) is 1. The number of hydrogen-bond acceptors (Lipinski definition) is 7. The molecule has 0 radical (unpaired) electrons. The summed E-state index contributed by atoms with van der Waals surface area (Å²) in [5.74, 6) is -0.888. The van der Waals surface area contributed by atoms with Crippen LogP contribution in [0.15, 0.2) is 71.3 Å². The van der Waals surface area contributed by atoms with Crippen molar-refractivity contribution in [2.24, 2.45) is 0 Å². The lowest BCUT2D eigenvalue weighted by atomic mass is 10.0. The standard InChI is InChI=1S/C23H21ClIN2O6S/c1-15-3-7-17(14-27(30)25-15)23(29)20-13-18(24)8-11-21(20)26-34(31,32)19-9-4-16(5-10-19)6-12-22(28)33-2/h3-5,7-11,13-14,26H,6,12H2,1-2H3/q-1. The number of hydroxylamine groups is 1. The molecular formula is C23H21ClIN2O6S-. The van der Waals surface area contributed by atoms with Crippen molar-refractivity contribution in [2.75, 3.05) is 11.8 Å². The molecule has 8 nitrogen and oxygen atoms in total. The van der Waals surface area contributed by atoms with Crippen molar-refractivity contribution >= 4 is 63.6 Å². The summed E-state index contributed by atoms with van der Waals surface area (Å²) in [6.45, 7) is 1.82. The fourth-order valence-electron chi connectivity index (χ4n) is 3.01. The number of rotatable bonds is 8. The van der Waals surface area contributed by atoms with E-state index in [0.717, 1.165) is 12.3 Å². The number of nitrogens with one attached hydrogen (secondary N) is 1. The predicted molar refractivity (Wildman–Crippen MR) is 140 cm³/mol. The highest BCUT2D eigenvalue weighted by atomic mass is 127. The van der Waals surface area contributed by atoms with Crippen LogP contribution in [0, 0.1) is 5.21 Å². The van der Waals surface area contributed by atoms with Crippen molar-refractivity contribution < 1.29 is 22.7 Å². The van der Waals surface area contributed by atoms with E-state index in [-0.39, 0.29) is 39.1 Å². The van der Waals surface area contributed by atoms with Gasteiger partial charge in [0.15, 0.2) is 5.78 Å². The number of esters is 1. The van der Waals surface area contributed by atoms with Crippen molar-refractivity contribution in [1.29, 1.82) is 0 Å². The van der Waals surface area contributed by atoms with E-state index in [1.807, 2.05) is 6.92 Å². The summed E-state index contributed by atoms with van der Waals surface area (Å²) in [5, 5.41) is 12.3. The van der Waals surface area contributed by atoms with Gasteiger partial charge >= 0.3 is 5.97 Å². The molecule has 0 unspecified atom stereocenters. The van der Waals surface area contributed by atoms with Crippen LogP contribution >= 0.6 is 32.6 Å². The minimum Gasteiger partial charge on any atom is -0.750 e. The lowest BCUT2D eigenvalue weighted by molar-refractivity contribution is -0.140. The van der Waals surface area contributed by atoms with Crippen LogP contribution in [0.5, 0.6) is 0 Å². The third-order valence-electron chi connectivity index (χ3n) is 4.76. The Kier molecular flexibility index (Phi) is 8.63. The zero-order valence-corrected chi connectivity index (χ0v) is 22.0. The Morgan fingerprint density at radius 1 is 1.15 bits per heavy atom. The smallest absolute Gasteiger partial charge is 0.305 e. The molecule has 1 aliphatic heterocycles. The summed E-state index contributed by atoms with van der Waals surface area (Å²) in [5.41, 5.74) is 0.962. The SMILES string of the molecule is COC(=O)CCc1ccc(S(=O)(=O)Nc2ccc(Cl)cc2C(=O)C2=CN([O-])I=C(C)C=C2)cc1. The number of ether oxygens (including phenoxy) is 1. The monoisotopic (exact) mass is 615 g/mol. The van der Waals surface area contributed by atoms with Gasteiger partial charge in [-0.15, -0.1) is 0 Å². The number of methoxy groups -OCH3 is 1. The summed E-state index contributed by atoms with van der Waals surface area (Å²) in [6.07, 6.45) is 5.07. The van der Waals surface area contributed by atoms with Crippen LogP contribution in [0.4, 0.5) is 5.69 Å². The van der Waals surface area contributed by atoms with E-state index in [1.54, 1.807) is 24.3 Å². The first kappa shape index (κ1) is 26.1. The molecule has 3 rings (SSSR count). The number of anilines is 1. The molecule has 0 atom stereocenters. The van der Waals surface area contributed by atoms with E-state index >= 15 is 0 Å². The summed E-state index contributed by atoms with van der Waals surface area (Å²) in [6, 6.07) is 10.3. The Balaban J connectivity index is 1.86. The Hall–Kier alpha value is -2.54. The van der Waals surface area contributed by atoms with Crippen molar-refractivity contribution in [3.63, 3.8) is 0 Å². The van der Waals surface area contributed by atoms with Crippen LogP contribution in [0.25, 0.3) is 0 Å². The van der Waals surface area contributed by atoms with Gasteiger partial charge in [-0.25, -0.2) is 8.42 Å². The first-order valence-electron chi connectivity index (χ1n) is 9.97. The van der Waals surface area contributed by atoms with Gasteiger partial charge in [0.25, 0.3) is 10.0 Å². The molecule has 0 aromatic heterocycles. The topological polar surface area (TPSA) is 116 Å². The number of hydrogen-bond donors (Lipinski definition) is 1. The van der Waals surface area contributed by atoms with Gasteiger partial charge in [-0.1, -0.05) is 29.8 Å². The Bertz CT molecular complexity index is 1300. The number of halogens is 2. The summed E-state index contributed by atoms with van der Waals surface area (Å²) in [4.78, 5) is 24.5. The minimum atomic E-state index is -4.04. The van der Waals surface area contributed by atoms with E-state index < -0.39 is 36.8 Å². The van der Waals surface area contributed by atoms with Crippen molar-refractivity contribution in [2.45, 2.75) is 24.7 Å². The van der Waals surface area contributed by atoms with Crippen LogP contribution in [0.2, 0.25) is 5.02 Å². The maximum atomic E-state index is 13.2. The molecule has 180 valence electrons. The fourth-order valence-corrected chi connectivity index (χ4v) is 5.79. The number of aryl methyl sites for hydroxylation is 1. The van der Waals surface area contributed by atoms with Crippen LogP contribution in [-0.4, -0.2) is 34.1 Å². The maximum Gasteiger partial charge on any atom is 0.305 e. The number of carbonyl (C=O) groups excluding carboxylic acids is 2. The van der Waals surface area contributed by atoms with Gasteiger partial charge in [0, 0.05) is 28.8 Å². The molecule has 0 bridgehead atoms. The molecule has 1 heterocycles. The zero-order chi connectivity index (χ0) is 24.9. The van der Waals surface area contributed by atoms with Gasteiger partial charge in [0.1, 0.15) is 0 Å². The molecule has 0 fully saturated rings. The van der Waals surface area contributed by atoms with Crippen LogP contribution < -0.4 is 4.72 Å². The zero-order valence-electron chi connectivity index (χ0n) is 18.2. The number of ketones is 1. The number of benzene rings is 2. The Morgan fingerprint density at radius 2 is 1.85 bits per heavy atom. The second kappa shape index (κ2) is 11.3. The molecule has 0 spiro atoms. The molecule has 0 amide bonds. The van der Waals surface area contributed by atoms with Crippen LogP contribution in [0.3, 0.4) is 0 Å². The van der Waals surface area contributed by atoms with Gasteiger partial charge < -0.3 is 13.2 Å². The van der Waals surface area contributed by atoms with Crippen LogP contribution in [0.1, 0.15) is 29.3 Å². The fraction of sp³-hybridized carbons (Fsp3) is 0.174. The molecule has 34 heavy (non-hydrogen) atoms. The normalized spacial score (nSPS) is 13.8. The molecule has 0 aliphatic carbocycles. The van der Waals surface area contributed by atoms with Gasteiger partial charge in [0.2, 0.25) is 0 Å². The molecule has 1 aliphatic rings. The number of sulfonamides is 1. The van der Waals surface area contributed by atoms with Crippen LogP contribution in [-0.2, 0) is 26.0 Å². The highest BCUT2D eigenvalue weighted by Gasteiger charge is 2.21. The average Bonchev–Trinajstić information content (AvgIpc) is 2.98. The maximum absolute atomic E-state index is 13.2. The summed E-state index contributed by atoms with van der Waals surface area (Å²) >= 11 is 5.16. The second-order valence-electron chi connectivity index (χ2n) is 7.21. The van der Waals surface area contributed by atoms with Gasteiger partial charge in [-0.2, -0.15) is 0 Å². The van der Waals surface area contributed by atoms with Crippen molar-refractivity contribution in [1.82, 2.24) is 3.28 Å². The summed E-state index contributed by atoms with van der Waals surface area (Å²) < 4.78 is 34.7. The molecule has 0 saturated carbocycles. The molecule has 11 heteroatoms. The van der Waals surface area contributed by atoms with Gasteiger partial charge in [-0.05, 0) is 79.8 Å². The van der Waals surface area contributed by atoms with Gasteiger partial charge in [-0.3, -0.25) is 14.3 Å². The molecular weight excluding hydrogens is 595 g/mol. The molecule has 2 aromatic carbocycles. The Labute approximate surface area is 213 Å². The third kappa shape index (κ3) is 6.75. The van der Waals surface area contributed by atoms with Crippen molar-refractivity contribution in [3.05, 3.63) is 87.7 Å². The van der Waals surface area contributed by atoms with E-state index in [4.69, 9.17) is 11.6 Å². The minimum absolute atomic E-state index is 0.0167. The number of allylic oxidation sites excluding steroid dienone is 3. The first-order chi connectivity index (χ1) is 16.1. The van der Waals surface area contributed by atoms with E-state index in [2.05, 4.69) is 9.46 Å². The lowest BCUT2D eigenvalue weighted by Gasteiger charge is -2.20. The number of nitrogens with zero attached hydrogens (tertiary/aromatic N) is 1. The van der Waals surface area contributed by atoms with E-state index in [9.17, 15) is 23.2 Å². The molecule has 0 saturated heterocycles. The largest absolute Gasteiger partial charge is 0.750 e. The summed E-state index contributed by atoms with van der Waals surface area (Å²) in [7, 11) is -2.73. The number of carbonyl (C=O) groups is 2. The van der Waals surface area contributed by atoms with E-state index in [1.165, 1.54) is 43.6 Å². The second-order valence-corrected chi connectivity index (χ2v) is 12.5. The highest BCUT2D eigenvalue weighted by molar-refractivity contribution is 14.2. The third-order valence-corrected chi connectivity index (χ3v) is 8.25. The Morgan fingerprint density at radius 3 is 2.53 bits per heavy atom. The van der Waals surface area contributed by atoms with E-state index in [0.29, 0.717) is 6.42 Å². The average molecular weight is 616 g/mol. The molecule has 2 aromatic rings. The quantitative estimate of drug-likeness (QED) is 0.197. The molecule has 1 N–H and O–H groups in total. The first-order valence-corrected chi connectivity index (χ1v) is 13.9.